The molecule has 0 aromatic heterocycles. The number of nitrogens with one attached hydrogen (secondary N) is 2. The maximum absolute atomic E-state index is 13.4. The van der Waals surface area contributed by atoms with Gasteiger partial charge in [-0.25, -0.2) is 4.39 Å². The first-order valence-electron chi connectivity index (χ1n) is 5.78. The summed E-state index contributed by atoms with van der Waals surface area (Å²) >= 11 is 0. The number of benzene rings is 1. The highest BCUT2D eigenvalue weighted by Gasteiger charge is 2.11. The second-order valence-electron chi connectivity index (χ2n) is 4.35. The lowest BCUT2D eigenvalue weighted by Gasteiger charge is -2.15. The number of amides is 1. The van der Waals surface area contributed by atoms with E-state index in [0.717, 1.165) is 0 Å². The fourth-order valence-electron chi connectivity index (χ4n) is 1.56. The van der Waals surface area contributed by atoms with E-state index in [-0.39, 0.29) is 30.4 Å². The quantitative estimate of drug-likeness (QED) is 0.823. The third-order valence-corrected chi connectivity index (χ3v) is 2.39. The van der Waals surface area contributed by atoms with Crippen LogP contribution in [0, 0.1) is 5.82 Å². The second kappa shape index (κ2) is 6.35. The van der Waals surface area contributed by atoms with Gasteiger partial charge in [-0.2, -0.15) is 0 Å². The third-order valence-electron chi connectivity index (χ3n) is 2.39. The highest BCUT2D eigenvalue weighted by Crippen LogP contribution is 2.15. The Labute approximate surface area is 101 Å². The molecule has 1 aromatic carbocycles. The Morgan fingerprint density at radius 3 is 2.53 bits per heavy atom. The average Bonchev–Trinajstić information content (AvgIpc) is 2.25. The van der Waals surface area contributed by atoms with Crippen molar-refractivity contribution in [3.63, 3.8) is 0 Å². The fourth-order valence-corrected chi connectivity index (χ4v) is 1.56. The molecule has 0 bridgehead atoms. The van der Waals surface area contributed by atoms with E-state index in [1.807, 2.05) is 20.8 Å². The van der Waals surface area contributed by atoms with Crippen molar-refractivity contribution in [1.29, 1.82) is 0 Å². The van der Waals surface area contributed by atoms with Gasteiger partial charge in [0.25, 0.3) is 0 Å². The van der Waals surface area contributed by atoms with Gasteiger partial charge in [0.2, 0.25) is 5.91 Å². The van der Waals surface area contributed by atoms with Gasteiger partial charge in [-0.3, -0.25) is 4.79 Å². The lowest BCUT2D eigenvalue weighted by Crippen LogP contribution is -2.38. The number of halogens is 1. The predicted octanol–water partition coefficient (Wildman–Crippen LogP) is 2.00. The van der Waals surface area contributed by atoms with Gasteiger partial charge in [0, 0.05) is 17.6 Å². The zero-order valence-electron chi connectivity index (χ0n) is 10.5. The number of hydrogen-bond acceptors (Lipinski definition) is 2. The van der Waals surface area contributed by atoms with E-state index in [2.05, 4.69) is 10.6 Å². The summed E-state index contributed by atoms with van der Waals surface area (Å²) in [6, 6.07) is 6.50. The summed E-state index contributed by atoms with van der Waals surface area (Å²) in [5, 5.41) is 5.76. The Morgan fingerprint density at radius 2 is 1.94 bits per heavy atom. The molecule has 1 amide bonds. The summed E-state index contributed by atoms with van der Waals surface area (Å²) in [4.78, 5) is 11.4. The zero-order valence-corrected chi connectivity index (χ0v) is 10.5. The molecule has 0 aliphatic heterocycles. The molecule has 0 spiro atoms. The molecule has 1 aromatic rings. The minimum Gasteiger partial charge on any atom is -0.353 e. The van der Waals surface area contributed by atoms with Crippen LogP contribution in [0.3, 0.4) is 0 Å². The molecule has 0 saturated carbocycles. The Kier molecular flexibility index (Phi) is 5.10. The fraction of sp³-hybridized carbons (Fsp3) is 0.462. The van der Waals surface area contributed by atoms with E-state index in [0.29, 0.717) is 5.56 Å². The van der Waals surface area contributed by atoms with Gasteiger partial charge in [0.1, 0.15) is 5.82 Å². The normalized spacial score (nSPS) is 12.5. The van der Waals surface area contributed by atoms with Crippen LogP contribution in [0.4, 0.5) is 4.39 Å². The molecule has 2 N–H and O–H groups in total. The number of rotatable bonds is 5. The molecule has 0 saturated heterocycles. The Morgan fingerprint density at radius 1 is 1.29 bits per heavy atom. The van der Waals surface area contributed by atoms with Crippen LogP contribution >= 0.6 is 0 Å². The van der Waals surface area contributed by atoms with Gasteiger partial charge in [-0.1, -0.05) is 18.2 Å². The smallest absolute Gasteiger partial charge is 0.234 e. The van der Waals surface area contributed by atoms with Gasteiger partial charge in [0.05, 0.1) is 6.54 Å². The summed E-state index contributed by atoms with van der Waals surface area (Å²) < 4.78 is 13.4. The first kappa shape index (κ1) is 13.6. The first-order valence-corrected chi connectivity index (χ1v) is 5.78. The van der Waals surface area contributed by atoms with Crippen LogP contribution in [0.1, 0.15) is 32.4 Å². The molecular weight excluding hydrogens is 219 g/mol. The van der Waals surface area contributed by atoms with Crippen molar-refractivity contribution in [2.75, 3.05) is 6.54 Å². The molecule has 3 nitrogen and oxygen atoms in total. The number of hydrogen-bond donors (Lipinski definition) is 2. The van der Waals surface area contributed by atoms with Gasteiger partial charge in [-0.15, -0.1) is 0 Å². The number of carbonyl (C=O) groups excluding carboxylic acids is 1. The van der Waals surface area contributed by atoms with Crippen molar-refractivity contribution in [1.82, 2.24) is 10.6 Å². The van der Waals surface area contributed by atoms with Gasteiger partial charge >= 0.3 is 0 Å². The van der Waals surface area contributed by atoms with E-state index in [4.69, 9.17) is 0 Å². The molecule has 0 fully saturated rings. The molecule has 1 rings (SSSR count). The monoisotopic (exact) mass is 238 g/mol. The van der Waals surface area contributed by atoms with E-state index in [9.17, 15) is 9.18 Å². The van der Waals surface area contributed by atoms with Crippen LogP contribution in [0.5, 0.6) is 0 Å². The van der Waals surface area contributed by atoms with Crippen LogP contribution in [-0.2, 0) is 4.79 Å². The van der Waals surface area contributed by atoms with Crippen molar-refractivity contribution < 1.29 is 9.18 Å². The maximum atomic E-state index is 13.4. The zero-order chi connectivity index (χ0) is 12.8. The van der Waals surface area contributed by atoms with Crippen molar-refractivity contribution in [2.24, 2.45) is 0 Å². The minimum absolute atomic E-state index is 0.0804. The largest absolute Gasteiger partial charge is 0.353 e. The lowest BCUT2D eigenvalue weighted by molar-refractivity contribution is -0.120. The molecule has 0 aliphatic rings. The average molecular weight is 238 g/mol. The summed E-state index contributed by atoms with van der Waals surface area (Å²) in [6.07, 6.45) is 0. The minimum atomic E-state index is -0.253. The second-order valence-corrected chi connectivity index (χ2v) is 4.35. The van der Waals surface area contributed by atoms with E-state index in [1.165, 1.54) is 6.07 Å². The topological polar surface area (TPSA) is 41.1 Å². The summed E-state index contributed by atoms with van der Waals surface area (Å²) in [6.45, 7) is 5.82. The first-order chi connectivity index (χ1) is 8.00. The van der Waals surface area contributed by atoms with Crippen LogP contribution in [-0.4, -0.2) is 18.5 Å². The molecule has 1 unspecified atom stereocenters. The number of carbonyl (C=O) groups is 1. The third kappa shape index (κ3) is 4.53. The SMILES string of the molecule is CC(C)NC(=O)CNC(C)c1ccccc1F. The van der Waals surface area contributed by atoms with Crippen LogP contribution < -0.4 is 10.6 Å². The van der Waals surface area contributed by atoms with E-state index in [1.54, 1.807) is 18.2 Å². The Bertz CT molecular complexity index is 379. The Balaban J connectivity index is 2.48. The lowest BCUT2D eigenvalue weighted by atomic mass is 10.1. The van der Waals surface area contributed by atoms with E-state index >= 15 is 0 Å². The van der Waals surface area contributed by atoms with Gasteiger partial charge < -0.3 is 10.6 Å². The highest BCUT2D eigenvalue weighted by molar-refractivity contribution is 5.78. The summed E-state index contributed by atoms with van der Waals surface area (Å²) in [5.41, 5.74) is 0.574. The van der Waals surface area contributed by atoms with Gasteiger partial charge in [0.15, 0.2) is 0 Å². The molecule has 0 heterocycles. The van der Waals surface area contributed by atoms with Gasteiger partial charge in [-0.05, 0) is 26.8 Å². The van der Waals surface area contributed by atoms with Crippen LogP contribution in [0.15, 0.2) is 24.3 Å². The van der Waals surface area contributed by atoms with Crippen molar-refractivity contribution >= 4 is 5.91 Å². The standard InChI is InChI=1S/C13H19FN2O/c1-9(2)16-13(17)8-15-10(3)11-6-4-5-7-12(11)14/h4-7,9-10,15H,8H2,1-3H3,(H,16,17). The molecule has 1 atom stereocenters. The Hall–Kier alpha value is -1.42. The molecule has 4 heteroatoms. The van der Waals surface area contributed by atoms with Crippen LogP contribution in [0.25, 0.3) is 0 Å². The van der Waals surface area contributed by atoms with E-state index < -0.39 is 0 Å². The molecule has 0 aliphatic carbocycles. The summed E-state index contributed by atoms with van der Waals surface area (Å²) in [5.74, 6) is -0.333. The molecule has 94 valence electrons. The summed E-state index contributed by atoms with van der Waals surface area (Å²) in [7, 11) is 0. The van der Waals surface area contributed by atoms with Crippen molar-refractivity contribution in [3.05, 3.63) is 35.6 Å². The predicted molar refractivity (Wildman–Crippen MR) is 66.1 cm³/mol. The maximum Gasteiger partial charge on any atom is 0.234 e. The highest BCUT2D eigenvalue weighted by atomic mass is 19.1. The van der Waals surface area contributed by atoms with Crippen molar-refractivity contribution in [2.45, 2.75) is 32.9 Å². The van der Waals surface area contributed by atoms with Crippen LogP contribution in [0.2, 0.25) is 0 Å². The molecule has 0 radical (unpaired) electrons. The van der Waals surface area contributed by atoms with Crippen molar-refractivity contribution in [3.8, 4) is 0 Å². The molecular formula is C13H19FN2O. The molecule has 17 heavy (non-hydrogen) atoms.